The lowest BCUT2D eigenvalue weighted by Crippen LogP contribution is -2.03. The van der Waals surface area contributed by atoms with E-state index in [-0.39, 0.29) is 0 Å². The number of hydrogen-bond acceptors (Lipinski definition) is 4. The molecule has 0 aliphatic carbocycles. The minimum atomic E-state index is 0.490. The van der Waals surface area contributed by atoms with Crippen LogP contribution in [-0.4, -0.2) is 28.8 Å². The summed E-state index contributed by atoms with van der Waals surface area (Å²) in [4.78, 5) is 8.72. The molecule has 4 heteroatoms. The molecule has 0 spiro atoms. The zero-order chi connectivity index (χ0) is 10.7. The highest BCUT2D eigenvalue weighted by Gasteiger charge is 2.08. The third kappa shape index (κ3) is 2.46. The number of amidine groups is 1. The number of aromatic nitrogens is 2. The van der Waals surface area contributed by atoms with Gasteiger partial charge in [0.15, 0.2) is 5.84 Å². The van der Waals surface area contributed by atoms with Crippen molar-refractivity contribution in [3.8, 4) is 0 Å². The second kappa shape index (κ2) is 4.29. The van der Waals surface area contributed by atoms with Crippen LogP contribution >= 0.6 is 0 Å². The maximum absolute atomic E-state index is 4.39. The van der Waals surface area contributed by atoms with E-state index in [2.05, 4.69) is 27.1 Å². The number of aliphatic imine (C=N–C) groups is 2. The van der Waals surface area contributed by atoms with Crippen molar-refractivity contribution < 1.29 is 0 Å². The fraction of sp³-hybridized carbons (Fsp3) is 0.455. The van der Waals surface area contributed by atoms with Gasteiger partial charge in [-0.3, -0.25) is 4.99 Å². The molecular weight excluding hydrogens is 188 g/mol. The molecule has 2 rings (SSSR count). The average Bonchev–Trinajstić information content (AvgIpc) is 2.44. The molecule has 0 saturated carbocycles. The first-order valence-electron chi connectivity index (χ1n) is 5.15. The van der Waals surface area contributed by atoms with Gasteiger partial charge in [0.2, 0.25) is 0 Å². The Morgan fingerprint density at radius 2 is 2.13 bits per heavy atom. The largest absolute Gasteiger partial charge is 0.265 e. The first-order chi connectivity index (χ1) is 7.25. The third-order valence-corrected chi connectivity index (χ3v) is 2.32. The Morgan fingerprint density at radius 3 is 2.87 bits per heavy atom. The van der Waals surface area contributed by atoms with Crippen molar-refractivity contribution in [1.82, 2.24) is 10.2 Å². The Kier molecular flexibility index (Phi) is 2.85. The minimum Gasteiger partial charge on any atom is -0.265 e. The molecule has 1 aromatic rings. The van der Waals surface area contributed by atoms with E-state index in [0.717, 1.165) is 24.4 Å². The van der Waals surface area contributed by atoms with E-state index >= 15 is 0 Å². The van der Waals surface area contributed by atoms with Crippen LogP contribution in [0.15, 0.2) is 22.1 Å². The van der Waals surface area contributed by atoms with Crippen LogP contribution in [0.4, 0.5) is 0 Å². The molecule has 0 saturated heterocycles. The Hall–Kier alpha value is -1.58. The fourth-order valence-corrected chi connectivity index (χ4v) is 1.35. The maximum atomic E-state index is 4.39. The van der Waals surface area contributed by atoms with Gasteiger partial charge in [0.05, 0.1) is 5.69 Å². The maximum Gasteiger partial charge on any atom is 0.175 e. The van der Waals surface area contributed by atoms with Crippen molar-refractivity contribution in [3.05, 3.63) is 23.5 Å². The molecule has 1 aliphatic heterocycles. The van der Waals surface area contributed by atoms with Crippen molar-refractivity contribution in [2.45, 2.75) is 20.3 Å². The second-order valence-corrected chi connectivity index (χ2v) is 3.81. The molecule has 0 amide bonds. The van der Waals surface area contributed by atoms with E-state index in [1.807, 2.05) is 25.3 Å². The van der Waals surface area contributed by atoms with Gasteiger partial charge in [0.25, 0.3) is 0 Å². The summed E-state index contributed by atoms with van der Waals surface area (Å²) >= 11 is 0. The monoisotopic (exact) mass is 202 g/mol. The van der Waals surface area contributed by atoms with Crippen LogP contribution in [0, 0.1) is 12.8 Å². The van der Waals surface area contributed by atoms with Crippen molar-refractivity contribution in [1.29, 1.82) is 0 Å². The SMILES string of the molecule is Cc1ccc(C2=NCC[C@@H](C)C=N2)nn1. The average molecular weight is 202 g/mol. The van der Waals surface area contributed by atoms with Gasteiger partial charge in [0.1, 0.15) is 5.69 Å². The molecule has 2 heterocycles. The van der Waals surface area contributed by atoms with Gasteiger partial charge in [-0.15, -0.1) is 5.10 Å². The van der Waals surface area contributed by atoms with Crippen molar-refractivity contribution in [2.24, 2.45) is 15.9 Å². The molecular formula is C11H14N4. The first-order valence-corrected chi connectivity index (χ1v) is 5.15. The predicted molar refractivity (Wildman–Crippen MR) is 60.4 cm³/mol. The normalized spacial score (nSPS) is 20.9. The highest BCUT2D eigenvalue weighted by molar-refractivity contribution is 6.01. The summed E-state index contributed by atoms with van der Waals surface area (Å²) < 4.78 is 0. The van der Waals surface area contributed by atoms with Gasteiger partial charge >= 0.3 is 0 Å². The number of rotatable bonds is 1. The van der Waals surface area contributed by atoms with E-state index in [0.29, 0.717) is 11.8 Å². The molecule has 0 unspecified atom stereocenters. The van der Waals surface area contributed by atoms with E-state index in [4.69, 9.17) is 0 Å². The highest BCUT2D eigenvalue weighted by atomic mass is 15.1. The summed E-state index contributed by atoms with van der Waals surface area (Å²) in [7, 11) is 0. The highest BCUT2D eigenvalue weighted by Crippen LogP contribution is 2.07. The smallest absolute Gasteiger partial charge is 0.175 e. The van der Waals surface area contributed by atoms with E-state index in [1.54, 1.807) is 0 Å². The second-order valence-electron chi connectivity index (χ2n) is 3.81. The first kappa shape index (κ1) is 9.96. The van der Waals surface area contributed by atoms with Crippen molar-refractivity contribution >= 4 is 12.1 Å². The van der Waals surface area contributed by atoms with E-state index in [9.17, 15) is 0 Å². The zero-order valence-corrected chi connectivity index (χ0v) is 9.01. The summed E-state index contributed by atoms with van der Waals surface area (Å²) in [6, 6.07) is 3.84. The summed E-state index contributed by atoms with van der Waals surface area (Å²) in [6.07, 6.45) is 2.99. The molecule has 0 aromatic carbocycles. The van der Waals surface area contributed by atoms with Gasteiger partial charge in [-0.05, 0) is 31.4 Å². The van der Waals surface area contributed by atoms with Gasteiger partial charge in [0, 0.05) is 12.8 Å². The summed E-state index contributed by atoms with van der Waals surface area (Å²) in [5.41, 5.74) is 1.66. The van der Waals surface area contributed by atoms with Crippen LogP contribution in [0.25, 0.3) is 0 Å². The molecule has 0 bridgehead atoms. The Morgan fingerprint density at radius 1 is 1.27 bits per heavy atom. The van der Waals surface area contributed by atoms with Crippen LogP contribution in [0.2, 0.25) is 0 Å². The zero-order valence-electron chi connectivity index (χ0n) is 9.01. The number of nitrogens with zero attached hydrogens (tertiary/aromatic N) is 4. The molecule has 0 fully saturated rings. The Labute approximate surface area is 89.2 Å². The fourth-order valence-electron chi connectivity index (χ4n) is 1.35. The van der Waals surface area contributed by atoms with Gasteiger partial charge in [-0.2, -0.15) is 5.10 Å². The van der Waals surface area contributed by atoms with Crippen LogP contribution in [0.5, 0.6) is 0 Å². The summed E-state index contributed by atoms with van der Waals surface area (Å²) in [6.45, 7) is 4.87. The molecule has 1 aliphatic rings. The van der Waals surface area contributed by atoms with Gasteiger partial charge in [-0.25, -0.2) is 4.99 Å². The number of hydrogen-bond donors (Lipinski definition) is 0. The summed E-state index contributed by atoms with van der Waals surface area (Å²) in [5, 5.41) is 8.07. The molecule has 15 heavy (non-hydrogen) atoms. The lowest BCUT2D eigenvalue weighted by Gasteiger charge is -1.97. The van der Waals surface area contributed by atoms with Crippen molar-refractivity contribution in [3.63, 3.8) is 0 Å². The molecule has 1 atom stereocenters. The van der Waals surface area contributed by atoms with Crippen LogP contribution in [0.3, 0.4) is 0 Å². The molecule has 0 N–H and O–H groups in total. The number of aryl methyl sites for hydroxylation is 1. The predicted octanol–water partition coefficient (Wildman–Crippen LogP) is 1.64. The summed E-state index contributed by atoms with van der Waals surface area (Å²) in [5.74, 6) is 1.19. The topological polar surface area (TPSA) is 50.5 Å². The lowest BCUT2D eigenvalue weighted by atomic mass is 10.1. The van der Waals surface area contributed by atoms with Gasteiger partial charge in [-0.1, -0.05) is 6.92 Å². The van der Waals surface area contributed by atoms with Crippen LogP contribution in [-0.2, 0) is 0 Å². The van der Waals surface area contributed by atoms with E-state index < -0.39 is 0 Å². The molecule has 4 nitrogen and oxygen atoms in total. The lowest BCUT2D eigenvalue weighted by molar-refractivity contribution is 0.713. The third-order valence-electron chi connectivity index (χ3n) is 2.32. The quantitative estimate of drug-likeness (QED) is 0.695. The Balaban J connectivity index is 2.26. The minimum absolute atomic E-state index is 0.490. The molecule has 78 valence electrons. The molecule has 1 aromatic heterocycles. The van der Waals surface area contributed by atoms with Crippen molar-refractivity contribution in [2.75, 3.05) is 6.54 Å². The van der Waals surface area contributed by atoms with Crippen LogP contribution in [0.1, 0.15) is 24.7 Å². The standard InChI is InChI=1S/C11H14N4/c1-8-5-6-12-11(13-7-8)10-4-3-9(2)14-15-10/h3-4,7-8H,5-6H2,1-2H3/t8-/m1/s1. The van der Waals surface area contributed by atoms with E-state index in [1.165, 1.54) is 0 Å². The Bertz CT molecular complexity index is 392. The molecule has 0 radical (unpaired) electrons. The van der Waals surface area contributed by atoms with Crippen LogP contribution < -0.4 is 0 Å². The van der Waals surface area contributed by atoms with Gasteiger partial charge < -0.3 is 0 Å².